The Hall–Kier alpha value is -2.92. The van der Waals surface area contributed by atoms with E-state index in [-0.39, 0.29) is 11.3 Å². The molecule has 0 fully saturated rings. The maximum Gasteiger partial charge on any atom is 0.439 e. The molecule has 0 aromatic heterocycles. The molecule has 2 aromatic rings. The summed E-state index contributed by atoms with van der Waals surface area (Å²) >= 11 is 0. The highest BCUT2D eigenvalue weighted by molar-refractivity contribution is 6.04. The molecule has 1 amide bonds. The number of rotatable bonds is 5. The first-order chi connectivity index (χ1) is 13.2. The van der Waals surface area contributed by atoms with Gasteiger partial charge in [-0.05, 0) is 42.5 Å². The molecule has 0 unspecified atom stereocenters. The van der Waals surface area contributed by atoms with Crippen LogP contribution < -0.4 is 10.1 Å². The highest BCUT2D eigenvalue weighted by Crippen LogP contribution is 2.36. The van der Waals surface area contributed by atoms with Crippen molar-refractivity contribution in [2.75, 3.05) is 5.32 Å². The van der Waals surface area contributed by atoms with Crippen molar-refractivity contribution in [3.05, 3.63) is 59.7 Å². The standard InChI is InChI=1S/C17H10F9NO2/c18-14(16(22,23)24)17(25,26)29-12-6-4-9(5-7-12)13(28)27-11-3-1-2-10(8-11)15(19,20)21/h1-8,14H,(H,27,28)/t14-/m1/s1. The molecule has 3 nitrogen and oxygen atoms in total. The lowest BCUT2D eigenvalue weighted by atomic mass is 10.1. The minimum atomic E-state index is -5.85. The third kappa shape index (κ3) is 5.78. The molecule has 0 bridgehead atoms. The van der Waals surface area contributed by atoms with Crippen molar-refractivity contribution in [2.45, 2.75) is 24.6 Å². The molecule has 29 heavy (non-hydrogen) atoms. The Morgan fingerprint density at radius 3 is 2.00 bits per heavy atom. The lowest BCUT2D eigenvalue weighted by molar-refractivity contribution is -0.304. The van der Waals surface area contributed by atoms with Gasteiger partial charge in [0.1, 0.15) is 5.75 Å². The van der Waals surface area contributed by atoms with Gasteiger partial charge in [0.2, 0.25) is 0 Å². The Labute approximate surface area is 157 Å². The number of alkyl halides is 9. The average molecular weight is 431 g/mol. The van der Waals surface area contributed by atoms with Gasteiger partial charge in [0.25, 0.3) is 12.1 Å². The van der Waals surface area contributed by atoms with Crippen molar-refractivity contribution in [1.82, 2.24) is 0 Å². The molecular formula is C17H10F9NO2. The monoisotopic (exact) mass is 431 g/mol. The van der Waals surface area contributed by atoms with E-state index in [1.54, 1.807) is 0 Å². The van der Waals surface area contributed by atoms with Gasteiger partial charge in [0.05, 0.1) is 5.56 Å². The molecular weight excluding hydrogens is 421 g/mol. The Balaban J connectivity index is 2.09. The molecule has 0 heterocycles. The largest absolute Gasteiger partial charge is 0.439 e. The number of hydrogen-bond acceptors (Lipinski definition) is 2. The van der Waals surface area contributed by atoms with Crippen molar-refractivity contribution in [2.24, 2.45) is 0 Å². The minimum absolute atomic E-state index is 0.206. The number of hydrogen-bond donors (Lipinski definition) is 1. The Morgan fingerprint density at radius 1 is 0.897 bits per heavy atom. The van der Waals surface area contributed by atoms with Crippen LogP contribution in [-0.2, 0) is 6.18 Å². The highest BCUT2D eigenvalue weighted by atomic mass is 19.4. The van der Waals surface area contributed by atoms with Crippen LogP contribution in [0.5, 0.6) is 5.75 Å². The summed E-state index contributed by atoms with van der Waals surface area (Å²) in [5.74, 6) is -1.79. The predicted molar refractivity (Wildman–Crippen MR) is 82.4 cm³/mol. The number of amides is 1. The van der Waals surface area contributed by atoms with Gasteiger partial charge in [0.15, 0.2) is 0 Å². The second-order valence-corrected chi connectivity index (χ2v) is 5.63. The number of nitrogens with one attached hydrogen (secondary N) is 1. The van der Waals surface area contributed by atoms with Gasteiger partial charge in [-0.15, -0.1) is 0 Å². The Bertz CT molecular complexity index is 860. The van der Waals surface area contributed by atoms with Crippen molar-refractivity contribution < 1.29 is 49.0 Å². The lowest BCUT2D eigenvalue weighted by Crippen LogP contribution is -2.45. The molecule has 0 aliphatic rings. The molecule has 2 aromatic carbocycles. The molecule has 1 N–H and O–H groups in total. The molecule has 2 rings (SSSR count). The molecule has 0 aliphatic carbocycles. The average Bonchev–Trinajstić information content (AvgIpc) is 2.60. The van der Waals surface area contributed by atoms with Crippen LogP contribution in [0.15, 0.2) is 48.5 Å². The van der Waals surface area contributed by atoms with Crippen molar-refractivity contribution in [3.63, 3.8) is 0 Å². The summed E-state index contributed by atoms with van der Waals surface area (Å²) in [4.78, 5) is 12.0. The van der Waals surface area contributed by atoms with Gasteiger partial charge < -0.3 is 10.1 Å². The number of ether oxygens (including phenoxy) is 1. The van der Waals surface area contributed by atoms with Crippen molar-refractivity contribution in [3.8, 4) is 5.75 Å². The minimum Gasteiger partial charge on any atom is -0.430 e. The van der Waals surface area contributed by atoms with Crippen LogP contribution in [0.1, 0.15) is 15.9 Å². The van der Waals surface area contributed by atoms with E-state index in [1.165, 1.54) is 6.07 Å². The molecule has 0 aliphatic heterocycles. The maximum absolute atomic E-state index is 13.2. The molecule has 158 valence electrons. The third-order valence-electron chi connectivity index (χ3n) is 3.40. The fourth-order valence-electron chi connectivity index (χ4n) is 2.05. The molecule has 0 spiro atoms. The number of carbonyl (C=O) groups is 1. The van der Waals surface area contributed by atoms with E-state index in [0.29, 0.717) is 18.2 Å². The first-order valence-corrected chi connectivity index (χ1v) is 7.56. The van der Waals surface area contributed by atoms with Crippen LogP contribution in [0, 0.1) is 0 Å². The van der Waals surface area contributed by atoms with Crippen LogP contribution >= 0.6 is 0 Å². The van der Waals surface area contributed by atoms with Crippen LogP contribution in [0.2, 0.25) is 0 Å². The maximum atomic E-state index is 13.2. The Kier molecular flexibility index (Phi) is 6.04. The van der Waals surface area contributed by atoms with E-state index in [2.05, 4.69) is 10.1 Å². The smallest absolute Gasteiger partial charge is 0.430 e. The second-order valence-electron chi connectivity index (χ2n) is 5.63. The fraction of sp³-hybridized carbons (Fsp3) is 0.235. The molecule has 1 atom stereocenters. The summed E-state index contributed by atoms with van der Waals surface area (Å²) in [6.07, 6.45) is -20.3. The summed E-state index contributed by atoms with van der Waals surface area (Å²) in [7, 11) is 0. The summed E-state index contributed by atoms with van der Waals surface area (Å²) < 4.78 is 117. The van der Waals surface area contributed by atoms with Gasteiger partial charge >= 0.3 is 18.5 Å². The predicted octanol–water partition coefficient (Wildman–Crippen LogP) is 5.83. The van der Waals surface area contributed by atoms with E-state index in [9.17, 15) is 44.3 Å². The molecule has 0 saturated heterocycles. The fourth-order valence-corrected chi connectivity index (χ4v) is 2.05. The number of halogens is 9. The van der Waals surface area contributed by atoms with Gasteiger partial charge in [-0.3, -0.25) is 4.79 Å². The summed E-state index contributed by atoms with van der Waals surface area (Å²) in [5, 5.41) is 2.14. The van der Waals surface area contributed by atoms with E-state index in [0.717, 1.165) is 24.3 Å². The second kappa shape index (κ2) is 7.84. The highest BCUT2D eigenvalue weighted by Gasteiger charge is 2.59. The summed E-state index contributed by atoms with van der Waals surface area (Å²) in [5.41, 5.74) is -1.46. The van der Waals surface area contributed by atoms with Gasteiger partial charge in [-0.25, -0.2) is 4.39 Å². The molecule has 12 heteroatoms. The van der Waals surface area contributed by atoms with E-state index in [4.69, 9.17) is 0 Å². The lowest BCUT2D eigenvalue weighted by Gasteiger charge is -2.23. The normalized spacial score (nSPS) is 13.7. The summed E-state index contributed by atoms with van der Waals surface area (Å²) in [6, 6.07) is 6.73. The zero-order valence-corrected chi connectivity index (χ0v) is 13.9. The zero-order chi connectivity index (χ0) is 22.0. The summed E-state index contributed by atoms with van der Waals surface area (Å²) in [6.45, 7) is 0. The van der Waals surface area contributed by atoms with Crippen molar-refractivity contribution >= 4 is 11.6 Å². The van der Waals surface area contributed by atoms with Gasteiger partial charge in [-0.2, -0.15) is 35.1 Å². The Morgan fingerprint density at radius 2 is 1.48 bits per heavy atom. The van der Waals surface area contributed by atoms with Crippen molar-refractivity contribution in [1.29, 1.82) is 0 Å². The van der Waals surface area contributed by atoms with Crippen LogP contribution in [0.25, 0.3) is 0 Å². The topological polar surface area (TPSA) is 38.3 Å². The first-order valence-electron chi connectivity index (χ1n) is 7.56. The van der Waals surface area contributed by atoms with E-state index < -0.39 is 41.9 Å². The van der Waals surface area contributed by atoms with Crippen LogP contribution in [-0.4, -0.2) is 24.4 Å². The van der Waals surface area contributed by atoms with Crippen LogP contribution in [0.3, 0.4) is 0 Å². The SMILES string of the molecule is O=C(Nc1cccc(C(F)(F)F)c1)c1ccc(OC(F)(F)[C@H](F)C(F)(F)F)cc1. The third-order valence-corrected chi connectivity index (χ3v) is 3.40. The zero-order valence-electron chi connectivity index (χ0n) is 13.9. The van der Waals surface area contributed by atoms with Gasteiger partial charge in [-0.1, -0.05) is 6.07 Å². The molecule has 0 radical (unpaired) electrons. The first kappa shape index (κ1) is 22.4. The number of carbonyl (C=O) groups excluding carboxylic acids is 1. The molecule has 0 saturated carbocycles. The quantitative estimate of drug-likeness (QED) is 0.605. The van der Waals surface area contributed by atoms with Gasteiger partial charge in [0, 0.05) is 11.3 Å². The number of benzene rings is 2. The van der Waals surface area contributed by atoms with Crippen LogP contribution in [0.4, 0.5) is 45.2 Å². The number of anilines is 1. The van der Waals surface area contributed by atoms with E-state index in [1.807, 2.05) is 0 Å². The van der Waals surface area contributed by atoms with E-state index >= 15 is 0 Å².